The second-order valence-electron chi connectivity index (χ2n) is 4.18. The Morgan fingerprint density at radius 1 is 1.47 bits per heavy atom. The van der Waals surface area contributed by atoms with Gasteiger partial charge in [-0.2, -0.15) is 0 Å². The molecule has 0 saturated carbocycles. The van der Waals surface area contributed by atoms with Gasteiger partial charge in [-0.3, -0.25) is 0 Å². The number of nitrogens with zero attached hydrogens (tertiary/aromatic N) is 4. The molecule has 0 unspecified atom stereocenters. The Hall–Kier alpha value is -1.76. The first-order valence-corrected chi connectivity index (χ1v) is 7.12. The minimum Gasteiger partial charge on any atom is -0.476 e. The van der Waals surface area contributed by atoms with E-state index < -0.39 is 5.97 Å². The number of aromatic carboxylic acids is 1. The standard InChI is InChI=1S/C12H16N4O2S/c1-3-5-9-11(12(17)18)14-15-16(9)6-8-7-19-10(4-2)13-8/h7H,3-6H2,1-2H3,(H,17,18). The zero-order valence-corrected chi connectivity index (χ0v) is 11.8. The van der Waals surface area contributed by atoms with Gasteiger partial charge in [0.25, 0.3) is 0 Å². The van der Waals surface area contributed by atoms with E-state index in [-0.39, 0.29) is 5.69 Å². The van der Waals surface area contributed by atoms with E-state index >= 15 is 0 Å². The molecule has 0 radical (unpaired) electrons. The van der Waals surface area contributed by atoms with Crippen LogP contribution in [-0.2, 0) is 19.4 Å². The zero-order valence-electron chi connectivity index (χ0n) is 11.0. The number of thiazole rings is 1. The highest BCUT2D eigenvalue weighted by Gasteiger charge is 2.18. The number of hydrogen-bond acceptors (Lipinski definition) is 5. The molecule has 1 N–H and O–H groups in total. The van der Waals surface area contributed by atoms with Crippen molar-refractivity contribution < 1.29 is 9.90 Å². The van der Waals surface area contributed by atoms with Gasteiger partial charge in [0.15, 0.2) is 5.69 Å². The summed E-state index contributed by atoms with van der Waals surface area (Å²) in [5, 5.41) is 19.8. The first kappa shape index (κ1) is 13.7. The van der Waals surface area contributed by atoms with Crippen LogP contribution >= 0.6 is 11.3 Å². The number of carboxylic acid groups (broad SMARTS) is 1. The Morgan fingerprint density at radius 3 is 2.84 bits per heavy atom. The molecule has 0 saturated heterocycles. The lowest BCUT2D eigenvalue weighted by Gasteiger charge is -2.03. The van der Waals surface area contributed by atoms with Crippen LogP contribution in [0.15, 0.2) is 5.38 Å². The topological polar surface area (TPSA) is 80.9 Å². The predicted molar refractivity (Wildman–Crippen MR) is 71.6 cm³/mol. The van der Waals surface area contributed by atoms with Crippen LogP contribution in [0.5, 0.6) is 0 Å². The van der Waals surface area contributed by atoms with E-state index in [1.165, 1.54) is 0 Å². The average Bonchev–Trinajstić information content (AvgIpc) is 2.98. The van der Waals surface area contributed by atoms with E-state index in [1.807, 2.05) is 12.3 Å². The summed E-state index contributed by atoms with van der Waals surface area (Å²) >= 11 is 1.61. The molecule has 0 aliphatic heterocycles. The van der Waals surface area contributed by atoms with Crippen molar-refractivity contribution in [1.82, 2.24) is 20.0 Å². The second kappa shape index (κ2) is 5.92. The summed E-state index contributed by atoms with van der Waals surface area (Å²) in [5.74, 6) is -1.03. The minimum absolute atomic E-state index is 0.0489. The number of rotatable bonds is 6. The fourth-order valence-corrected chi connectivity index (χ4v) is 2.58. The summed E-state index contributed by atoms with van der Waals surface area (Å²) in [7, 11) is 0. The third-order valence-corrected chi connectivity index (χ3v) is 3.78. The highest BCUT2D eigenvalue weighted by molar-refractivity contribution is 7.09. The summed E-state index contributed by atoms with van der Waals surface area (Å²) in [5.41, 5.74) is 1.62. The van der Waals surface area contributed by atoms with Crippen molar-refractivity contribution in [3.05, 3.63) is 27.5 Å². The maximum absolute atomic E-state index is 11.1. The van der Waals surface area contributed by atoms with E-state index in [2.05, 4.69) is 22.2 Å². The lowest BCUT2D eigenvalue weighted by molar-refractivity contribution is 0.0689. The van der Waals surface area contributed by atoms with Crippen molar-refractivity contribution in [1.29, 1.82) is 0 Å². The molecule has 2 aromatic rings. The molecule has 2 aromatic heterocycles. The molecule has 19 heavy (non-hydrogen) atoms. The van der Waals surface area contributed by atoms with Gasteiger partial charge in [0.05, 0.1) is 22.9 Å². The fourth-order valence-electron chi connectivity index (χ4n) is 1.85. The molecule has 0 bridgehead atoms. The van der Waals surface area contributed by atoms with E-state index in [0.29, 0.717) is 18.7 Å². The van der Waals surface area contributed by atoms with Crippen molar-refractivity contribution >= 4 is 17.3 Å². The van der Waals surface area contributed by atoms with Crippen LogP contribution in [0.2, 0.25) is 0 Å². The van der Waals surface area contributed by atoms with Crippen molar-refractivity contribution in [3.63, 3.8) is 0 Å². The summed E-state index contributed by atoms with van der Waals surface area (Å²) < 4.78 is 1.64. The monoisotopic (exact) mass is 280 g/mol. The van der Waals surface area contributed by atoms with Gasteiger partial charge in [-0.25, -0.2) is 14.5 Å². The Balaban J connectivity index is 2.26. The van der Waals surface area contributed by atoms with Crippen molar-refractivity contribution in [2.75, 3.05) is 0 Å². The molecule has 0 aromatic carbocycles. The molecule has 2 rings (SSSR count). The Bertz CT molecular complexity index is 576. The average molecular weight is 280 g/mol. The second-order valence-corrected chi connectivity index (χ2v) is 5.13. The molecule has 0 amide bonds. The van der Waals surface area contributed by atoms with E-state index in [4.69, 9.17) is 5.11 Å². The maximum atomic E-state index is 11.1. The third-order valence-electron chi connectivity index (χ3n) is 2.74. The van der Waals surface area contributed by atoms with Crippen LogP contribution in [0.25, 0.3) is 0 Å². The van der Waals surface area contributed by atoms with Crippen LogP contribution in [0.4, 0.5) is 0 Å². The first-order valence-electron chi connectivity index (χ1n) is 6.24. The van der Waals surface area contributed by atoms with Crippen LogP contribution in [0.1, 0.15) is 47.2 Å². The summed E-state index contributed by atoms with van der Waals surface area (Å²) in [6, 6.07) is 0. The normalized spacial score (nSPS) is 10.8. The molecule has 0 aliphatic carbocycles. The van der Waals surface area contributed by atoms with Crippen LogP contribution in [-0.4, -0.2) is 31.1 Å². The number of aromatic nitrogens is 4. The third kappa shape index (κ3) is 2.98. The van der Waals surface area contributed by atoms with Crippen LogP contribution in [0.3, 0.4) is 0 Å². The molecule has 0 fully saturated rings. The molecule has 0 spiro atoms. The highest BCUT2D eigenvalue weighted by atomic mass is 32.1. The molecular formula is C12H16N4O2S. The van der Waals surface area contributed by atoms with E-state index in [0.717, 1.165) is 23.5 Å². The lowest BCUT2D eigenvalue weighted by Crippen LogP contribution is -2.09. The number of carbonyl (C=O) groups is 1. The number of aryl methyl sites for hydroxylation is 1. The van der Waals surface area contributed by atoms with Crippen molar-refractivity contribution in [3.8, 4) is 0 Å². The summed E-state index contributed by atoms with van der Waals surface area (Å²) in [6.45, 7) is 4.54. The molecular weight excluding hydrogens is 264 g/mol. The van der Waals surface area contributed by atoms with Gasteiger partial charge in [0, 0.05) is 5.38 Å². The van der Waals surface area contributed by atoms with E-state index in [1.54, 1.807) is 16.0 Å². The molecule has 7 heteroatoms. The Morgan fingerprint density at radius 2 is 2.26 bits per heavy atom. The van der Waals surface area contributed by atoms with Gasteiger partial charge in [-0.1, -0.05) is 25.5 Å². The summed E-state index contributed by atoms with van der Waals surface area (Å²) in [6.07, 6.45) is 2.41. The SMILES string of the molecule is CCCc1c(C(=O)O)nnn1Cc1csc(CC)n1. The van der Waals surface area contributed by atoms with Crippen molar-refractivity contribution in [2.45, 2.75) is 39.7 Å². The van der Waals surface area contributed by atoms with Crippen molar-refractivity contribution in [2.24, 2.45) is 0 Å². The van der Waals surface area contributed by atoms with Gasteiger partial charge in [-0.15, -0.1) is 16.4 Å². The van der Waals surface area contributed by atoms with Gasteiger partial charge >= 0.3 is 5.97 Å². The molecule has 2 heterocycles. The Kier molecular flexibility index (Phi) is 4.26. The number of hydrogen-bond donors (Lipinski definition) is 1. The largest absolute Gasteiger partial charge is 0.476 e. The quantitative estimate of drug-likeness (QED) is 0.875. The highest BCUT2D eigenvalue weighted by Crippen LogP contribution is 2.14. The van der Waals surface area contributed by atoms with Gasteiger partial charge in [0.2, 0.25) is 0 Å². The fraction of sp³-hybridized carbons (Fsp3) is 0.500. The van der Waals surface area contributed by atoms with E-state index in [9.17, 15) is 4.79 Å². The molecule has 0 atom stereocenters. The predicted octanol–water partition coefficient (Wildman–Crippen LogP) is 2.00. The van der Waals surface area contributed by atoms with Crippen LogP contribution in [0, 0.1) is 0 Å². The molecule has 102 valence electrons. The molecule has 6 nitrogen and oxygen atoms in total. The summed E-state index contributed by atoms with van der Waals surface area (Å²) in [4.78, 5) is 15.5. The van der Waals surface area contributed by atoms with Crippen LogP contribution < -0.4 is 0 Å². The zero-order chi connectivity index (χ0) is 13.8. The minimum atomic E-state index is -1.03. The Labute approximate surface area is 115 Å². The first-order chi connectivity index (χ1) is 9.15. The smallest absolute Gasteiger partial charge is 0.358 e. The van der Waals surface area contributed by atoms with Gasteiger partial charge < -0.3 is 5.11 Å². The van der Waals surface area contributed by atoms with Gasteiger partial charge in [-0.05, 0) is 12.8 Å². The lowest BCUT2D eigenvalue weighted by atomic mass is 10.2. The van der Waals surface area contributed by atoms with Gasteiger partial charge in [0.1, 0.15) is 0 Å². The molecule has 0 aliphatic rings. The number of carboxylic acids is 1. The maximum Gasteiger partial charge on any atom is 0.358 e.